The molecule has 0 fully saturated rings. The number of alkyl halides is 2. The maximum atomic E-state index is 12.2. The van der Waals surface area contributed by atoms with Crippen LogP contribution in [-0.4, -0.2) is 21.0 Å². The van der Waals surface area contributed by atoms with E-state index < -0.39 is 40.1 Å². The van der Waals surface area contributed by atoms with Crippen LogP contribution in [-0.2, 0) is 0 Å². The van der Waals surface area contributed by atoms with Crippen molar-refractivity contribution in [3.05, 3.63) is 27.4 Å². The predicted octanol–water partition coefficient (Wildman–Crippen LogP) is 1.21. The number of halogens is 2. The Kier molecular flexibility index (Phi) is 2.97. The molecule has 9 heteroatoms. The lowest BCUT2D eigenvalue weighted by atomic mass is 10.2. The van der Waals surface area contributed by atoms with Crippen LogP contribution in [0.1, 0.15) is 22.5 Å². The minimum absolute atomic E-state index is 0.598. The van der Waals surface area contributed by atoms with Crippen LogP contribution in [0.25, 0.3) is 0 Å². The van der Waals surface area contributed by atoms with Crippen molar-refractivity contribution >= 4 is 17.5 Å². The van der Waals surface area contributed by atoms with Crippen LogP contribution in [0, 0.1) is 10.1 Å². The summed E-state index contributed by atoms with van der Waals surface area (Å²) in [6, 6.07) is 0.598. The number of hydrogen-bond acceptors (Lipinski definition) is 5. The summed E-state index contributed by atoms with van der Waals surface area (Å²) in [5.74, 6) is -2.89. The maximum absolute atomic E-state index is 12.2. The molecule has 0 bridgehead atoms. The van der Waals surface area contributed by atoms with E-state index >= 15 is 0 Å². The number of carboxylic acid groups (broad SMARTS) is 1. The zero-order valence-corrected chi connectivity index (χ0v) is 7.55. The van der Waals surface area contributed by atoms with Gasteiger partial charge in [0.2, 0.25) is 5.69 Å². The highest BCUT2D eigenvalue weighted by atomic mass is 19.3. The SMILES string of the molecule is Nc1cc(C(F)F)nc([N+](=O)[O-])c1C(=O)O. The van der Waals surface area contributed by atoms with Crippen molar-refractivity contribution < 1.29 is 23.6 Å². The number of pyridine rings is 1. The van der Waals surface area contributed by atoms with E-state index in [0.29, 0.717) is 6.07 Å². The fourth-order valence-corrected chi connectivity index (χ4v) is 1.03. The van der Waals surface area contributed by atoms with Gasteiger partial charge in [0.15, 0.2) is 5.56 Å². The summed E-state index contributed by atoms with van der Waals surface area (Å²) < 4.78 is 24.5. The third kappa shape index (κ3) is 2.02. The van der Waals surface area contributed by atoms with Gasteiger partial charge in [0.1, 0.15) is 0 Å². The van der Waals surface area contributed by atoms with Gasteiger partial charge in [-0.2, -0.15) is 0 Å². The standard InChI is InChI=1S/C7H5F2N3O4/c8-5(9)3-1-2(10)4(7(13)14)6(11-3)12(15)16/h1,5H,(H2,10,11)(H,13,14). The maximum Gasteiger partial charge on any atom is 0.380 e. The number of anilines is 1. The van der Waals surface area contributed by atoms with Crippen molar-refractivity contribution in [3.63, 3.8) is 0 Å². The van der Waals surface area contributed by atoms with Gasteiger partial charge in [-0.15, -0.1) is 0 Å². The molecule has 7 nitrogen and oxygen atoms in total. The first-order valence-electron chi connectivity index (χ1n) is 3.80. The van der Waals surface area contributed by atoms with E-state index in [9.17, 15) is 23.7 Å². The van der Waals surface area contributed by atoms with Crippen molar-refractivity contribution in [1.82, 2.24) is 4.98 Å². The monoisotopic (exact) mass is 233 g/mol. The van der Waals surface area contributed by atoms with E-state index in [2.05, 4.69) is 4.98 Å². The van der Waals surface area contributed by atoms with Gasteiger partial charge in [-0.3, -0.25) is 0 Å². The molecule has 1 rings (SSSR count). The van der Waals surface area contributed by atoms with Gasteiger partial charge >= 0.3 is 18.2 Å². The summed E-state index contributed by atoms with van der Waals surface area (Å²) in [7, 11) is 0. The molecule has 1 aromatic heterocycles. The molecule has 0 saturated heterocycles. The Morgan fingerprint density at radius 2 is 2.19 bits per heavy atom. The van der Waals surface area contributed by atoms with Crippen molar-refractivity contribution in [3.8, 4) is 0 Å². The minimum Gasteiger partial charge on any atom is -0.477 e. The number of nitrogens with two attached hydrogens (primary N) is 1. The Hall–Kier alpha value is -2.32. The highest BCUT2D eigenvalue weighted by molar-refractivity contribution is 5.97. The molecule has 0 radical (unpaired) electrons. The quantitative estimate of drug-likeness (QED) is 0.598. The number of carbonyl (C=O) groups is 1. The van der Waals surface area contributed by atoms with E-state index in [-0.39, 0.29) is 0 Å². The van der Waals surface area contributed by atoms with E-state index in [1.807, 2.05) is 0 Å². The lowest BCUT2D eigenvalue weighted by molar-refractivity contribution is -0.390. The summed E-state index contributed by atoms with van der Waals surface area (Å²) >= 11 is 0. The number of hydrogen-bond donors (Lipinski definition) is 2. The molecule has 1 heterocycles. The number of nitrogen functional groups attached to an aromatic ring is 1. The second kappa shape index (κ2) is 4.04. The third-order valence-electron chi connectivity index (χ3n) is 1.66. The number of aromatic nitrogens is 1. The molecule has 0 amide bonds. The largest absolute Gasteiger partial charge is 0.477 e. The number of nitro groups is 1. The minimum atomic E-state index is -3.07. The van der Waals surface area contributed by atoms with Crippen LogP contribution in [0.5, 0.6) is 0 Å². The first-order chi connectivity index (χ1) is 7.34. The lowest BCUT2D eigenvalue weighted by Gasteiger charge is -2.03. The first-order valence-corrected chi connectivity index (χ1v) is 3.80. The molecule has 0 saturated carbocycles. The van der Waals surface area contributed by atoms with Crippen molar-refractivity contribution in [2.75, 3.05) is 5.73 Å². The molecule has 0 atom stereocenters. The van der Waals surface area contributed by atoms with Crippen LogP contribution >= 0.6 is 0 Å². The van der Waals surface area contributed by atoms with E-state index in [1.165, 1.54) is 0 Å². The summed E-state index contributed by atoms with van der Waals surface area (Å²) in [4.78, 5) is 22.8. The topological polar surface area (TPSA) is 119 Å². The van der Waals surface area contributed by atoms with Gasteiger partial charge in [0, 0.05) is 6.07 Å². The zero-order chi connectivity index (χ0) is 12.5. The summed E-state index contributed by atoms with van der Waals surface area (Å²) in [5, 5.41) is 19.0. The Bertz CT molecular complexity index is 463. The Morgan fingerprint density at radius 3 is 2.56 bits per heavy atom. The molecule has 86 valence electrons. The molecule has 0 unspecified atom stereocenters. The molecular weight excluding hydrogens is 228 g/mol. The van der Waals surface area contributed by atoms with Gasteiger partial charge in [-0.05, 0) is 9.91 Å². The van der Waals surface area contributed by atoms with Crippen molar-refractivity contribution in [2.24, 2.45) is 0 Å². The van der Waals surface area contributed by atoms with Gasteiger partial charge in [-0.25, -0.2) is 13.6 Å². The van der Waals surface area contributed by atoms with Crippen LogP contribution in [0.2, 0.25) is 0 Å². The Labute approximate surface area is 86.7 Å². The van der Waals surface area contributed by atoms with Gasteiger partial charge in [-0.1, -0.05) is 0 Å². The fourth-order valence-electron chi connectivity index (χ4n) is 1.03. The average molecular weight is 233 g/mol. The normalized spacial score (nSPS) is 10.4. The van der Waals surface area contributed by atoms with Crippen LogP contribution in [0.15, 0.2) is 6.07 Å². The molecular formula is C7H5F2N3O4. The Morgan fingerprint density at radius 1 is 1.62 bits per heavy atom. The smallest absolute Gasteiger partial charge is 0.380 e. The summed E-state index contributed by atoms with van der Waals surface area (Å²) in [5.41, 5.74) is 2.69. The molecule has 3 N–H and O–H groups in total. The van der Waals surface area contributed by atoms with Gasteiger partial charge < -0.3 is 21.0 Å². The molecule has 16 heavy (non-hydrogen) atoms. The third-order valence-corrected chi connectivity index (χ3v) is 1.66. The van der Waals surface area contributed by atoms with Crippen molar-refractivity contribution in [2.45, 2.75) is 6.43 Å². The van der Waals surface area contributed by atoms with Crippen LogP contribution in [0.3, 0.4) is 0 Å². The number of rotatable bonds is 3. The van der Waals surface area contributed by atoms with E-state index in [1.54, 1.807) is 0 Å². The zero-order valence-electron chi connectivity index (χ0n) is 7.55. The molecule has 0 aliphatic rings. The first kappa shape index (κ1) is 11.8. The van der Waals surface area contributed by atoms with Crippen molar-refractivity contribution in [1.29, 1.82) is 0 Å². The van der Waals surface area contributed by atoms with Crippen LogP contribution < -0.4 is 5.73 Å². The molecule has 0 aromatic carbocycles. The average Bonchev–Trinajstić information content (AvgIpc) is 2.15. The summed E-state index contributed by atoms with van der Waals surface area (Å²) in [6.07, 6.45) is -3.07. The van der Waals surface area contributed by atoms with Gasteiger partial charge in [0.05, 0.1) is 5.69 Å². The number of nitrogens with zero attached hydrogens (tertiary/aromatic N) is 2. The van der Waals surface area contributed by atoms with Crippen LogP contribution in [0.4, 0.5) is 20.3 Å². The second-order valence-electron chi connectivity index (χ2n) is 2.70. The predicted molar refractivity (Wildman–Crippen MR) is 47.2 cm³/mol. The Balaban J connectivity index is 3.52. The molecule has 0 aliphatic carbocycles. The highest BCUT2D eigenvalue weighted by Gasteiger charge is 2.29. The lowest BCUT2D eigenvalue weighted by Crippen LogP contribution is -2.10. The number of carboxylic acids is 1. The van der Waals surface area contributed by atoms with E-state index in [4.69, 9.17) is 10.8 Å². The summed E-state index contributed by atoms with van der Waals surface area (Å²) in [6.45, 7) is 0. The fraction of sp³-hybridized carbons (Fsp3) is 0.143. The number of aromatic carboxylic acids is 1. The molecule has 0 spiro atoms. The highest BCUT2D eigenvalue weighted by Crippen LogP contribution is 2.27. The second-order valence-corrected chi connectivity index (χ2v) is 2.70. The van der Waals surface area contributed by atoms with E-state index in [0.717, 1.165) is 0 Å². The van der Waals surface area contributed by atoms with Gasteiger partial charge in [0.25, 0.3) is 0 Å². The molecule has 0 aliphatic heterocycles. The molecule has 1 aromatic rings.